The summed E-state index contributed by atoms with van der Waals surface area (Å²) in [6, 6.07) is 6.09. The number of esters is 1. The van der Waals surface area contributed by atoms with E-state index in [2.05, 4.69) is 20.2 Å². The Hall–Kier alpha value is -2.62. The summed E-state index contributed by atoms with van der Waals surface area (Å²) in [7, 11) is 0. The first-order valence-electron chi connectivity index (χ1n) is 7.54. The van der Waals surface area contributed by atoms with E-state index in [1.807, 2.05) is 0 Å². The van der Waals surface area contributed by atoms with E-state index in [4.69, 9.17) is 4.74 Å². The van der Waals surface area contributed by atoms with Crippen molar-refractivity contribution in [3.63, 3.8) is 0 Å². The van der Waals surface area contributed by atoms with Crippen molar-refractivity contribution in [2.75, 3.05) is 18.6 Å². The number of rotatable bonds is 8. The van der Waals surface area contributed by atoms with Crippen LogP contribution < -0.4 is 10.2 Å². The molecule has 0 fully saturated rings. The van der Waals surface area contributed by atoms with Crippen LogP contribution in [-0.2, 0) is 16.0 Å². The Morgan fingerprint density at radius 2 is 2.23 bits per heavy atom. The SMILES string of the molecule is CCOC(=O)Cc1csc(NN=Cc2cccc(OCC(F)(F)F)c2)n1. The number of halogens is 3. The lowest BCUT2D eigenvalue weighted by Gasteiger charge is -2.09. The Morgan fingerprint density at radius 1 is 1.42 bits per heavy atom. The average Bonchev–Trinajstić information content (AvgIpc) is 3.00. The fourth-order valence-corrected chi connectivity index (χ4v) is 2.47. The first kappa shape index (κ1) is 19.7. The van der Waals surface area contributed by atoms with Crippen molar-refractivity contribution in [1.29, 1.82) is 0 Å². The minimum atomic E-state index is -4.39. The van der Waals surface area contributed by atoms with Gasteiger partial charge in [0.05, 0.1) is 24.9 Å². The molecule has 0 bridgehead atoms. The monoisotopic (exact) mass is 387 g/mol. The summed E-state index contributed by atoms with van der Waals surface area (Å²) < 4.78 is 46.0. The zero-order valence-electron chi connectivity index (χ0n) is 13.7. The number of nitrogens with zero attached hydrogens (tertiary/aromatic N) is 2. The van der Waals surface area contributed by atoms with Gasteiger partial charge in [0.15, 0.2) is 6.61 Å². The molecule has 140 valence electrons. The summed E-state index contributed by atoms with van der Waals surface area (Å²) in [5, 5.41) is 6.16. The second kappa shape index (κ2) is 9.18. The van der Waals surface area contributed by atoms with E-state index >= 15 is 0 Å². The lowest BCUT2D eigenvalue weighted by Crippen LogP contribution is -2.19. The quantitative estimate of drug-likeness (QED) is 0.425. The molecule has 26 heavy (non-hydrogen) atoms. The largest absolute Gasteiger partial charge is 0.484 e. The van der Waals surface area contributed by atoms with Crippen molar-refractivity contribution in [3.8, 4) is 5.75 Å². The van der Waals surface area contributed by atoms with E-state index in [-0.39, 0.29) is 18.1 Å². The Morgan fingerprint density at radius 3 is 2.96 bits per heavy atom. The highest BCUT2D eigenvalue weighted by Crippen LogP contribution is 2.19. The summed E-state index contributed by atoms with van der Waals surface area (Å²) in [4.78, 5) is 15.6. The van der Waals surface area contributed by atoms with Gasteiger partial charge in [0, 0.05) is 5.38 Å². The lowest BCUT2D eigenvalue weighted by atomic mass is 10.2. The van der Waals surface area contributed by atoms with Gasteiger partial charge in [-0.1, -0.05) is 12.1 Å². The number of nitrogens with one attached hydrogen (secondary N) is 1. The van der Waals surface area contributed by atoms with E-state index < -0.39 is 12.8 Å². The minimum absolute atomic E-state index is 0.0777. The first-order valence-corrected chi connectivity index (χ1v) is 8.42. The third kappa shape index (κ3) is 7.09. The molecule has 1 aromatic carbocycles. The van der Waals surface area contributed by atoms with Crippen LogP contribution in [0.4, 0.5) is 18.3 Å². The summed E-state index contributed by atoms with van der Waals surface area (Å²) in [6.45, 7) is 0.683. The van der Waals surface area contributed by atoms with Gasteiger partial charge in [0.2, 0.25) is 5.13 Å². The maximum absolute atomic E-state index is 12.2. The predicted octanol–water partition coefficient (Wildman–Crippen LogP) is 3.64. The third-order valence-corrected chi connectivity index (χ3v) is 3.61. The standard InChI is InChI=1S/C16H16F3N3O3S/c1-2-24-14(23)7-12-9-26-15(21-12)22-20-8-11-4-3-5-13(6-11)25-10-16(17,18)19/h3-6,8-9H,2,7,10H2,1H3,(H,21,22). The highest BCUT2D eigenvalue weighted by molar-refractivity contribution is 7.13. The van der Waals surface area contributed by atoms with Gasteiger partial charge in [-0.15, -0.1) is 11.3 Å². The number of hydrazone groups is 1. The van der Waals surface area contributed by atoms with E-state index in [0.29, 0.717) is 23.0 Å². The van der Waals surface area contributed by atoms with E-state index in [9.17, 15) is 18.0 Å². The van der Waals surface area contributed by atoms with Crippen molar-refractivity contribution in [2.45, 2.75) is 19.5 Å². The van der Waals surface area contributed by atoms with Crippen LogP contribution in [0, 0.1) is 0 Å². The Kier molecular flexibility index (Phi) is 6.96. The normalized spacial score (nSPS) is 11.5. The van der Waals surface area contributed by atoms with E-state index in [1.54, 1.807) is 24.4 Å². The highest BCUT2D eigenvalue weighted by atomic mass is 32.1. The molecule has 0 saturated carbocycles. The predicted molar refractivity (Wildman–Crippen MR) is 91.7 cm³/mol. The van der Waals surface area contributed by atoms with Gasteiger partial charge in [-0.25, -0.2) is 4.98 Å². The molecule has 2 aromatic rings. The number of carbonyl (C=O) groups is 1. The van der Waals surface area contributed by atoms with Gasteiger partial charge < -0.3 is 9.47 Å². The van der Waals surface area contributed by atoms with Crippen LogP contribution in [0.2, 0.25) is 0 Å². The van der Waals surface area contributed by atoms with E-state index in [0.717, 1.165) is 0 Å². The Labute approximate surface area is 151 Å². The molecular weight excluding hydrogens is 371 g/mol. The van der Waals surface area contributed by atoms with Crippen molar-refractivity contribution >= 4 is 28.7 Å². The second-order valence-electron chi connectivity index (χ2n) is 4.97. The molecule has 6 nitrogen and oxygen atoms in total. The Bertz CT molecular complexity index is 762. The smallest absolute Gasteiger partial charge is 0.422 e. The zero-order valence-corrected chi connectivity index (χ0v) is 14.6. The number of alkyl halides is 3. The van der Waals surface area contributed by atoms with Gasteiger partial charge in [-0.05, 0) is 24.6 Å². The van der Waals surface area contributed by atoms with Crippen LogP contribution >= 0.6 is 11.3 Å². The number of thiazole rings is 1. The average molecular weight is 387 g/mol. The molecule has 0 aliphatic rings. The molecule has 10 heteroatoms. The van der Waals surface area contributed by atoms with Crippen LogP contribution in [0.25, 0.3) is 0 Å². The van der Waals surface area contributed by atoms with Gasteiger partial charge in [0.25, 0.3) is 0 Å². The highest BCUT2D eigenvalue weighted by Gasteiger charge is 2.28. The van der Waals surface area contributed by atoms with Crippen molar-refractivity contribution in [1.82, 2.24) is 4.98 Å². The van der Waals surface area contributed by atoms with Gasteiger partial charge >= 0.3 is 12.1 Å². The number of benzene rings is 1. The van der Waals surface area contributed by atoms with Gasteiger partial charge in [0.1, 0.15) is 5.75 Å². The molecule has 0 spiro atoms. The van der Waals surface area contributed by atoms with Gasteiger partial charge in [-0.3, -0.25) is 10.2 Å². The molecule has 0 radical (unpaired) electrons. The topological polar surface area (TPSA) is 72.8 Å². The molecule has 2 rings (SSSR count). The van der Waals surface area contributed by atoms with Crippen molar-refractivity contribution in [3.05, 3.63) is 40.9 Å². The Balaban J connectivity index is 1.88. The fourth-order valence-electron chi connectivity index (χ4n) is 1.81. The zero-order chi connectivity index (χ0) is 19.0. The molecule has 0 saturated heterocycles. The maximum Gasteiger partial charge on any atom is 0.422 e. The van der Waals surface area contributed by atoms with Crippen LogP contribution in [0.5, 0.6) is 5.75 Å². The number of hydrogen-bond acceptors (Lipinski definition) is 7. The molecule has 1 heterocycles. The summed E-state index contributed by atoms with van der Waals surface area (Å²) in [5.74, 6) is -0.263. The van der Waals surface area contributed by atoms with Crippen LogP contribution in [0.1, 0.15) is 18.2 Å². The number of aromatic nitrogens is 1. The van der Waals surface area contributed by atoms with Crippen LogP contribution in [0.3, 0.4) is 0 Å². The number of ether oxygens (including phenoxy) is 2. The van der Waals surface area contributed by atoms with Gasteiger partial charge in [-0.2, -0.15) is 18.3 Å². The summed E-state index contributed by atoms with van der Waals surface area (Å²) >= 11 is 1.27. The molecular formula is C16H16F3N3O3S. The molecule has 1 N–H and O–H groups in total. The number of anilines is 1. The van der Waals surface area contributed by atoms with Crippen LogP contribution in [0.15, 0.2) is 34.7 Å². The fraction of sp³-hybridized carbons (Fsp3) is 0.312. The first-order chi connectivity index (χ1) is 12.4. The minimum Gasteiger partial charge on any atom is -0.484 e. The molecule has 0 aliphatic heterocycles. The maximum atomic E-state index is 12.2. The van der Waals surface area contributed by atoms with Crippen molar-refractivity contribution in [2.24, 2.45) is 5.10 Å². The van der Waals surface area contributed by atoms with Crippen LogP contribution in [-0.4, -0.2) is 36.6 Å². The van der Waals surface area contributed by atoms with E-state index in [1.165, 1.54) is 29.7 Å². The number of carbonyl (C=O) groups excluding carboxylic acids is 1. The molecule has 0 atom stereocenters. The number of hydrogen-bond donors (Lipinski definition) is 1. The second-order valence-corrected chi connectivity index (χ2v) is 5.83. The van der Waals surface area contributed by atoms with Crippen molar-refractivity contribution < 1.29 is 27.4 Å². The summed E-state index contributed by atoms with van der Waals surface area (Å²) in [6.07, 6.45) is -2.89. The summed E-state index contributed by atoms with van der Waals surface area (Å²) in [5.41, 5.74) is 3.82. The molecule has 0 unspecified atom stereocenters. The molecule has 0 aliphatic carbocycles. The lowest BCUT2D eigenvalue weighted by molar-refractivity contribution is -0.153. The molecule has 0 amide bonds. The third-order valence-electron chi connectivity index (χ3n) is 2.82. The molecule has 1 aromatic heterocycles.